The molecule has 0 unspecified atom stereocenters. The molecule has 1 aliphatic rings. The van der Waals surface area contributed by atoms with Crippen LogP contribution in [0.5, 0.6) is 0 Å². The van der Waals surface area contributed by atoms with Crippen LogP contribution in [-0.2, 0) is 4.79 Å². The van der Waals surface area contributed by atoms with Gasteiger partial charge in [0.05, 0.1) is 4.91 Å². The first kappa shape index (κ1) is 16.0. The summed E-state index contributed by atoms with van der Waals surface area (Å²) in [6.45, 7) is 1.81. The van der Waals surface area contributed by atoms with Crippen LogP contribution < -0.4 is 4.90 Å². The molecule has 0 N–H and O–H groups in total. The molecule has 116 valence electrons. The maximum Gasteiger partial charge on any atom is 0.230 e. The zero-order chi connectivity index (χ0) is 16.4. The monoisotopic (exact) mass is 387 g/mol. The molecule has 0 bridgehead atoms. The molecule has 0 atom stereocenters. The molecular weight excluding hydrogens is 374 g/mol. The zero-order valence-electron chi connectivity index (χ0n) is 12.5. The largest absolute Gasteiger partial charge is 0.288 e. The van der Waals surface area contributed by atoms with Crippen molar-refractivity contribution >= 4 is 45.1 Å². The lowest BCUT2D eigenvalue weighted by Gasteiger charge is -2.19. The van der Waals surface area contributed by atoms with E-state index < -0.39 is 0 Å². The Balaban J connectivity index is 2.00. The van der Waals surface area contributed by atoms with Crippen molar-refractivity contribution in [3.8, 4) is 0 Å². The van der Waals surface area contributed by atoms with Crippen LogP contribution in [0, 0.1) is 0 Å². The molecule has 0 aromatic heterocycles. The van der Waals surface area contributed by atoms with Crippen LogP contribution in [0.2, 0.25) is 0 Å². The third-order valence-electron chi connectivity index (χ3n) is 3.48. The Morgan fingerprint density at radius 2 is 2.00 bits per heavy atom. The second-order valence-electron chi connectivity index (χ2n) is 5.02. The van der Waals surface area contributed by atoms with Crippen molar-refractivity contribution in [2.45, 2.75) is 18.2 Å². The maximum atomic E-state index is 12.5. The van der Waals surface area contributed by atoms with Gasteiger partial charge in [0, 0.05) is 33.2 Å². The van der Waals surface area contributed by atoms with E-state index in [2.05, 4.69) is 15.9 Å². The van der Waals surface area contributed by atoms with Gasteiger partial charge in [0.15, 0.2) is 0 Å². The van der Waals surface area contributed by atoms with Gasteiger partial charge in [-0.2, -0.15) is 0 Å². The number of fused-ring (bicyclic) bond motifs is 1. The molecule has 0 fully saturated rings. The molecule has 0 aliphatic carbocycles. The predicted octanol–water partition coefficient (Wildman–Crippen LogP) is 5.02. The Bertz CT molecular complexity index is 816. The predicted molar refractivity (Wildman–Crippen MR) is 96.6 cm³/mol. The minimum absolute atomic E-state index is 0.0329. The van der Waals surface area contributed by atoms with Gasteiger partial charge in [0.25, 0.3) is 0 Å². The quantitative estimate of drug-likeness (QED) is 0.693. The molecule has 0 saturated carbocycles. The van der Waals surface area contributed by atoms with Gasteiger partial charge in [-0.25, -0.2) is 0 Å². The summed E-state index contributed by atoms with van der Waals surface area (Å²) in [7, 11) is 0. The lowest BCUT2D eigenvalue weighted by molar-refractivity contribution is -0.117. The van der Waals surface area contributed by atoms with Gasteiger partial charge in [0.2, 0.25) is 11.7 Å². The summed E-state index contributed by atoms with van der Waals surface area (Å²) < 4.78 is 0.885. The number of nitrogens with zero attached hydrogens (tertiary/aromatic N) is 1. The zero-order valence-corrected chi connectivity index (χ0v) is 14.9. The molecule has 1 amide bonds. The molecule has 0 saturated heterocycles. The first-order chi connectivity index (χ1) is 11.1. The first-order valence-electron chi connectivity index (χ1n) is 7.21. The van der Waals surface area contributed by atoms with Gasteiger partial charge < -0.3 is 0 Å². The summed E-state index contributed by atoms with van der Waals surface area (Å²) in [5.74, 6) is -0.0885. The second-order valence-corrected chi connectivity index (χ2v) is 7.02. The van der Waals surface area contributed by atoms with E-state index in [0.29, 0.717) is 16.9 Å². The molecule has 3 rings (SSSR count). The maximum absolute atomic E-state index is 12.5. The normalized spacial score (nSPS) is 14.9. The molecule has 0 radical (unpaired) electrons. The molecule has 23 heavy (non-hydrogen) atoms. The van der Waals surface area contributed by atoms with Crippen molar-refractivity contribution in [1.82, 2.24) is 0 Å². The van der Waals surface area contributed by atoms with Crippen molar-refractivity contribution in [3.63, 3.8) is 0 Å². The van der Waals surface area contributed by atoms with Crippen LogP contribution in [0.25, 0.3) is 0 Å². The average molecular weight is 388 g/mol. The number of benzene rings is 2. The van der Waals surface area contributed by atoms with E-state index in [0.717, 1.165) is 15.1 Å². The highest BCUT2D eigenvalue weighted by molar-refractivity contribution is 9.10. The highest BCUT2D eigenvalue weighted by atomic mass is 79.9. The molecule has 3 nitrogen and oxygen atoms in total. The third kappa shape index (κ3) is 3.26. The van der Waals surface area contributed by atoms with E-state index in [9.17, 15) is 9.59 Å². The summed E-state index contributed by atoms with van der Waals surface area (Å²) in [5, 5.41) is 0. The lowest BCUT2D eigenvalue weighted by Crippen LogP contribution is -2.25. The number of hydrogen-bond acceptors (Lipinski definition) is 3. The third-order valence-corrected chi connectivity index (χ3v) is 5.06. The molecule has 5 heteroatoms. The number of halogens is 1. The van der Waals surface area contributed by atoms with Crippen molar-refractivity contribution < 1.29 is 9.59 Å². The number of rotatable bonds is 3. The van der Waals surface area contributed by atoms with Crippen LogP contribution in [-0.4, -0.2) is 11.7 Å². The van der Waals surface area contributed by atoms with Crippen molar-refractivity contribution in [2.24, 2.45) is 0 Å². The van der Waals surface area contributed by atoms with Crippen molar-refractivity contribution in [3.05, 3.63) is 69.7 Å². The fourth-order valence-electron chi connectivity index (χ4n) is 2.33. The molecular formula is C18H14BrNO2S. The van der Waals surface area contributed by atoms with Crippen LogP contribution >= 0.6 is 27.7 Å². The van der Waals surface area contributed by atoms with Gasteiger partial charge in [-0.05, 0) is 30.3 Å². The minimum Gasteiger partial charge on any atom is -0.288 e. The van der Waals surface area contributed by atoms with Crippen LogP contribution in [0.3, 0.4) is 0 Å². The number of hydrogen-bond donors (Lipinski definition) is 0. The summed E-state index contributed by atoms with van der Waals surface area (Å²) in [5.41, 5.74) is 1.44. The Morgan fingerprint density at radius 1 is 1.22 bits per heavy atom. The minimum atomic E-state index is -0.0556. The fourth-order valence-corrected chi connectivity index (χ4v) is 3.73. The van der Waals surface area contributed by atoms with E-state index in [1.807, 2.05) is 55.5 Å². The van der Waals surface area contributed by atoms with E-state index in [-0.39, 0.29) is 11.7 Å². The summed E-state index contributed by atoms with van der Waals surface area (Å²) in [6.07, 6.45) is 2.02. The molecule has 2 aromatic rings. The number of ketones is 1. The first-order valence-corrected chi connectivity index (χ1v) is 8.82. The van der Waals surface area contributed by atoms with E-state index >= 15 is 0 Å². The van der Waals surface area contributed by atoms with E-state index in [1.165, 1.54) is 11.8 Å². The van der Waals surface area contributed by atoms with Crippen LogP contribution in [0.1, 0.15) is 23.7 Å². The average Bonchev–Trinajstić information content (AvgIpc) is 2.88. The van der Waals surface area contributed by atoms with Gasteiger partial charge in [-0.1, -0.05) is 52.8 Å². The van der Waals surface area contributed by atoms with Crippen LogP contribution in [0.15, 0.2) is 69.0 Å². The summed E-state index contributed by atoms with van der Waals surface area (Å²) >= 11 is 4.82. The van der Waals surface area contributed by atoms with Crippen molar-refractivity contribution in [1.29, 1.82) is 0 Å². The smallest absolute Gasteiger partial charge is 0.230 e. The number of carbonyl (C=O) groups excluding carboxylic acids is 2. The molecule has 1 heterocycles. The number of thioether (sulfide) groups is 1. The molecule has 0 spiro atoms. The number of amides is 1. The SMILES string of the molecule is CCC(=O)N(/C=C1\Sc2ccccc2C1=O)c1cccc(Br)c1. The molecule has 2 aromatic carbocycles. The van der Waals surface area contributed by atoms with Gasteiger partial charge in [0.1, 0.15) is 0 Å². The van der Waals surface area contributed by atoms with E-state index in [1.54, 1.807) is 11.1 Å². The Labute approximate surface area is 147 Å². The van der Waals surface area contributed by atoms with Gasteiger partial charge in [-0.15, -0.1) is 0 Å². The van der Waals surface area contributed by atoms with Gasteiger partial charge >= 0.3 is 0 Å². The highest BCUT2D eigenvalue weighted by Gasteiger charge is 2.27. The highest BCUT2D eigenvalue weighted by Crippen LogP contribution is 2.40. The van der Waals surface area contributed by atoms with Crippen molar-refractivity contribution in [2.75, 3.05) is 4.90 Å². The Kier molecular flexibility index (Phi) is 4.68. The number of Topliss-reactive ketones (excluding diaryl/α,β-unsaturated/α-hetero) is 1. The molecule has 1 aliphatic heterocycles. The lowest BCUT2D eigenvalue weighted by atomic mass is 10.1. The number of allylic oxidation sites excluding steroid dienone is 1. The number of carbonyl (C=O) groups is 2. The second kappa shape index (κ2) is 6.72. The standard InChI is InChI=1S/C18H14BrNO2S/c1-2-17(21)20(13-7-5-6-12(19)10-13)11-16-18(22)14-8-3-4-9-15(14)23-16/h3-11H,2H2,1H3/b16-11-. The van der Waals surface area contributed by atoms with Gasteiger partial charge in [-0.3, -0.25) is 14.5 Å². The summed E-state index contributed by atoms with van der Waals surface area (Å²) in [6, 6.07) is 15.0. The van der Waals surface area contributed by atoms with Crippen LogP contribution in [0.4, 0.5) is 5.69 Å². The Morgan fingerprint density at radius 3 is 2.70 bits per heavy atom. The Hall–Kier alpha value is -1.85. The number of anilines is 1. The fraction of sp³-hybridized carbons (Fsp3) is 0.111. The summed E-state index contributed by atoms with van der Waals surface area (Å²) in [4.78, 5) is 27.9. The topological polar surface area (TPSA) is 37.4 Å². The van der Waals surface area contributed by atoms with E-state index in [4.69, 9.17) is 0 Å².